The largest absolute Gasteiger partial charge is 0.453 e. The van der Waals surface area contributed by atoms with Gasteiger partial charge in [0.05, 0.1) is 11.6 Å². The van der Waals surface area contributed by atoms with Gasteiger partial charge in [-0.05, 0) is 0 Å². The molecule has 0 spiro atoms. The van der Waals surface area contributed by atoms with Crippen molar-refractivity contribution in [3.63, 3.8) is 0 Å². The molecule has 0 aromatic carbocycles. The van der Waals surface area contributed by atoms with Crippen molar-refractivity contribution in [2.75, 3.05) is 0 Å². The zero-order chi connectivity index (χ0) is 15.8. The van der Waals surface area contributed by atoms with Gasteiger partial charge in [-0.15, -0.1) is 0 Å². The molecule has 4 N–H and O–H groups in total. The molecule has 0 atom stereocenters. The topological polar surface area (TPSA) is 104 Å². The molecule has 2 aromatic heterocycles. The Balaban J connectivity index is 2.29. The van der Waals surface area contributed by atoms with Gasteiger partial charge in [-0.25, -0.2) is 9.97 Å². The second-order valence-corrected chi connectivity index (χ2v) is 4.24. The number of aromatic amines is 1. The molecular weight excluding hydrogens is 299 g/mol. The molecule has 0 radical (unpaired) electrons. The number of fused-ring (bicyclic) bond motifs is 1. The number of H-pyrrole nitrogens is 1. The fourth-order valence-electron chi connectivity index (χ4n) is 1.61. The molecule has 0 aliphatic rings. The first-order chi connectivity index (χ1) is 9.62. The smallest absolute Gasteiger partial charge is 0.382 e. The van der Waals surface area contributed by atoms with Gasteiger partial charge in [0.25, 0.3) is 0 Å². The summed E-state index contributed by atoms with van der Waals surface area (Å²) in [4.78, 5) is 7.52. The molecular formula is C10H9F5N6. The van der Waals surface area contributed by atoms with E-state index in [1.54, 1.807) is 0 Å². The monoisotopic (exact) mass is 308 g/mol. The molecule has 0 amide bonds. The Morgan fingerprint density at radius 2 is 1.90 bits per heavy atom. The van der Waals surface area contributed by atoms with Gasteiger partial charge < -0.3 is 5.73 Å². The summed E-state index contributed by atoms with van der Waals surface area (Å²) in [6.45, 7) is 0. The highest BCUT2D eigenvalue weighted by Crippen LogP contribution is 2.38. The number of amidine groups is 1. The van der Waals surface area contributed by atoms with Crippen molar-refractivity contribution < 1.29 is 22.0 Å². The van der Waals surface area contributed by atoms with E-state index in [0.29, 0.717) is 0 Å². The number of nitrogens with two attached hydrogens (primary N) is 1. The minimum atomic E-state index is -5.63. The summed E-state index contributed by atoms with van der Waals surface area (Å²) in [5.74, 6) is -5.58. The van der Waals surface area contributed by atoms with Gasteiger partial charge in [-0.2, -0.15) is 27.1 Å². The number of nitrogens with one attached hydrogen (secondary N) is 2. The lowest BCUT2D eigenvalue weighted by Gasteiger charge is -2.18. The Bertz CT molecular complexity index is 676. The number of alkyl halides is 5. The maximum absolute atomic E-state index is 12.9. The van der Waals surface area contributed by atoms with Crippen LogP contribution in [0, 0.1) is 5.41 Å². The van der Waals surface area contributed by atoms with Gasteiger partial charge in [0, 0.05) is 12.8 Å². The number of rotatable bonds is 4. The van der Waals surface area contributed by atoms with Crippen molar-refractivity contribution >= 4 is 16.9 Å². The van der Waals surface area contributed by atoms with Gasteiger partial charge in [0.2, 0.25) is 0 Å². The molecule has 0 fully saturated rings. The van der Waals surface area contributed by atoms with E-state index in [0.717, 1.165) is 0 Å². The summed E-state index contributed by atoms with van der Waals surface area (Å²) in [6.07, 6.45) is -6.57. The minimum Gasteiger partial charge on any atom is -0.382 e. The Hall–Kier alpha value is -2.33. The zero-order valence-corrected chi connectivity index (χ0v) is 10.3. The number of nitrogens with zero attached hydrogens (tertiary/aromatic N) is 3. The molecule has 11 heteroatoms. The van der Waals surface area contributed by atoms with E-state index in [9.17, 15) is 22.0 Å². The minimum absolute atomic E-state index is 0.0703. The molecule has 2 aromatic rings. The Morgan fingerprint density at radius 3 is 2.48 bits per heavy atom. The molecule has 21 heavy (non-hydrogen) atoms. The maximum atomic E-state index is 12.9. The van der Waals surface area contributed by atoms with Crippen molar-refractivity contribution in [3.05, 3.63) is 17.7 Å². The third-order valence-corrected chi connectivity index (χ3v) is 2.69. The van der Waals surface area contributed by atoms with Gasteiger partial charge in [-0.1, -0.05) is 0 Å². The molecule has 0 bridgehead atoms. The van der Waals surface area contributed by atoms with Gasteiger partial charge >= 0.3 is 12.1 Å². The molecule has 114 valence electrons. The first-order valence-electron chi connectivity index (χ1n) is 5.61. The van der Waals surface area contributed by atoms with Gasteiger partial charge in [-0.3, -0.25) is 10.5 Å². The number of hydrogen-bond donors (Lipinski definition) is 3. The highest BCUT2D eigenvalue weighted by Gasteiger charge is 2.56. The Morgan fingerprint density at radius 1 is 1.24 bits per heavy atom. The highest BCUT2D eigenvalue weighted by molar-refractivity contribution is 6.03. The van der Waals surface area contributed by atoms with Crippen LogP contribution in [-0.4, -0.2) is 38.1 Å². The summed E-state index contributed by atoms with van der Waals surface area (Å²) in [5, 5.41) is 13.7. The predicted octanol–water partition coefficient (Wildman–Crippen LogP) is 1.77. The van der Waals surface area contributed by atoms with E-state index in [1.165, 1.54) is 6.20 Å². The standard InChI is InChI=1S/C10H9F5N6/c11-9(12,10(13,14)15)2-1-5-19-6(7(16)17)4-3-18-21-8(4)20-5/h3H,1-2H2,(H3,16,17)(H,18,19,20,21). The summed E-state index contributed by atoms with van der Waals surface area (Å²) in [7, 11) is 0. The summed E-state index contributed by atoms with van der Waals surface area (Å²) < 4.78 is 62.0. The lowest BCUT2D eigenvalue weighted by atomic mass is 10.1. The van der Waals surface area contributed by atoms with Crippen LogP contribution in [0.3, 0.4) is 0 Å². The maximum Gasteiger partial charge on any atom is 0.453 e. The lowest BCUT2D eigenvalue weighted by molar-refractivity contribution is -0.284. The SMILES string of the molecule is N=C(N)c1nc(CCC(F)(F)C(F)(F)F)nc2[nH]ncc12. The Kier molecular flexibility index (Phi) is 3.51. The van der Waals surface area contributed by atoms with Gasteiger partial charge in [0.1, 0.15) is 17.4 Å². The van der Waals surface area contributed by atoms with Crippen molar-refractivity contribution in [1.82, 2.24) is 20.2 Å². The van der Waals surface area contributed by atoms with Crippen LogP contribution in [0.25, 0.3) is 11.0 Å². The van der Waals surface area contributed by atoms with Crippen molar-refractivity contribution in [2.45, 2.75) is 24.9 Å². The van der Waals surface area contributed by atoms with Crippen LogP contribution in [-0.2, 0) is 6.42 Å². The molecule has 0 aliphatic heterocycles. The van der Waals surface area contributed by atoms with Crippen LogP contribution in [0.5, 0.6) is 0 Å². The first kappa shape index (κ1) is 15.1. The first-order valence-corrected chi connectivity index (χ1v) is 5.61. The molecule has 2 heterocycles. The van der Waals surface area contributed by atoms with Crippen LogP contribution >= 0.6 is 0 Å². The number of nitrogen functional groups attached to an aromatic ring is 1. The number of aryl methyl sites for hydroxylation is 1. The van der Waals surface area contributed by atoms with Crippen LogP contribution in [0.2, 0.25) is 0 Å². The number of aromatic nitrogens is 4. The van der Waals surface area contributed by atoms with E-state index in [-0.39, 0.29) is 22.6 Å². The number of hydrogen-bond acceptors (Lipinski definition) is 4. The van der Waals surface area contributed by atoms with Gasteiger partial charge in [0.15, 0.2) is 5.65 Å². The van der Waals surface area contributed by atoms with Crippen molar-refractivity contribution in [3.8, 4) is 0 Å². The van der Waals surface area contributed by atoms with Crippen LogP contribution < -0.4 is 5.73 Å². The average molecular weight is 308 g/mol. The molecule has 0 saturated carbocycles. The van der Waals surface area contributed by atoms with Crippen molar-refractivity contribution in [1.29, 1.82) is 5.41 Å². The third kappa shape index (κ3) is 2.90. The average Bonchev–Trinajstić information content (AvgIpc) is 2.81. The molecule has 0 saturated heterocycles. The van der Waals surface area contributed by atoms with Crippen LogP contribution in [0.1, 0.15) is 17.9 Å². The third-order valence-electron chi connectivity index (χ3n) is 2.69. The quantitative estimate of drug-likeness (QED) is 0.455. The molecule has 6 nitrogen and oxygen atoms in total. The fourth-order valence-corrected chi connectivity index (χ4v) is 1.61. The van der Waals surface area contributed by atoms with E-state index >= 15 is 0 Å². The van der Waals surface area contributed by atoms with Crippen LogP contribution in [0.4, 0.5) is 22.0 Å². The number of halogens is 5. The zero-order valence-electron chi connectivity index (χ0n) is 10.3. The Labute approximate surface area is 114 Å². The van der Waals surface area contributed by atoms with E-state index < -0.39 is 30.8 Å². The van der Waals surface area contributed by atoms with E-state index in [4.69, 9.17) is 11.1 Å². The highest BCUT2D eigenvalue weighted by atomic mass is 19.4. The summed E-state index contributed by atoms with van der Waals surface area (Å²) in [5.41, 5.74) is 5.32. The summed E-state index contributed by atoms with van der Waals surface area (Å²) in [6, 6.07) is 0. The lowest BCUT2D eigenvalue weighted by Crippen LogP contribution is -2.36. The molecule has 0 aliphatic carbocycles. The second-order valence-electron chi connectivity index (χ2n) is 4.24. The van der Waals surface area contributed by atoms with Crippen molar-refractivity contribution in [2.24, 2.45) is 5.73 Å². The second kappa shape index (κ2) is 4.90. The summed E-state index contributed by atoms with van der Waals surface area (Å²) >= 11 is 0. The predicted molar refractivity (Wildman–Crippen MR) is 62.0 cm³/mol. The fraction of sp³-hybridized carbons (Fsp3) is 0.400. The van der Waals surface area contributed by atoms with E-state index in [2.05, 4.69) is 20.2 Å². The molecule has 2 rings (SSSR count). The molecule has 0 unspecified atom stereocenters. The van der Waals surface area contributed by atoms with Crippen LogP contribution in [0.15, 0.2) is 6.20 Å². The normalized spacial score (nSPS) is 12.8. The van der Waals surface area contributed by atoms with E-state index in [1.807, 2.05) is 0 Å².